The van der Waals surface area contributed by atoms with Crippen molar-refractivity contribution in [2.24, 2.45) is 0 Å². The number of nitrogens with zero attached hydrogens (tertiary/aromatic N) is 1. The molecule has 2 aromatic rings. The number of hydrogen-bond acceptors (Lipinski definition) is 3. The van der Waals surface area contributed by atoms with Crippen molar-refractivity contribution in [3.05, 3.63) is 40.0 Å². The minimum absolute atomic E-state index is 0.0780. The monoisotopic (exact) mass is 362 g/mol. The molecule has 0 unspecified atom stereocenters. The standard InChI is InChI=1S/C17H19BrN2O2/c1-11-9-15(14-10-12(18)5-6-16(14)20-11)17(21)19-7-8-22-13-3-2-4-13/h5-6,9-10,13H,2-4,7-8H2,1H3,(H,19,21). The number of amides is 1. The first-order chi connectivity index (χ1) is 10.6. The maximum absolute atomic E-state index is 12.4. The molecule has 1 saturated carbocycles. The molecule has 0 saturated heterocycles. The smallest absolute Gasteiger partial charge is 0.252 e. The summed E-state index contributed by atoms with van der Waals surface area (Å²) in [4.78, 5) is 16.9. The number of carbonyl (C=O) groups is 1. The van der Waals surface area contributed by atoms with E-state index in [4.69, 9.17) is 4.74 Å². The van der Waals surface area contributed by atoms with Gasteiger partial charge in [0.2, 0.25) is 0 Å². The number of halogens is 1. The van der Waals surface area contributed by atoms with Crippen molar-refractivity contribution in [3.8, 4) is 0 Å². The second-order valence-electron chi connectivity index (χ2n) is 5.65. The van der Waals surface area contributed by atoms with Crippen LogP contribution in [0.25, 0.3) is 10.9 Å². The van der Waals surface area contributed by atoms with Gasteiger partial charge >= 0.3 is 0 Å². The van der Waals surface area contributed by atoms with E-state index in [1.807, 2.05) is 31.2 Å². The third-order valence-corrected chi connectivity index (χ3v) is 4.43. The SMILES string of the molecule is Cc1cc(C(=O)NCCOC2CCC2)c2cc(Br)ccc2n1. The van der Waals surface area contributed by atoms with Gasteiger partial charge < -0.3 is 10.1 Å². The highest BCUT2D eigenvalue weighted by Crippen LogP contribution is 2.23. The fourth-order valence-electron chi connectivity index (χ4n) is 2.54. The second-order valence-corrected chi connectivity index (χ2v) is 6.57. The first-order valence-corrected chi connectivity index (χ1v) is 8.39. The molecule has 116 valence electrons. The summed E-state index contributed by atoms with van der Waals surface area (Å²) < 4.78 is 6.60. The van der Waals surface area contributed by atoms with Crippen LogP contribution < -0.4 is 5.32 Å². The number of pyridine rings is 1. The Labute approximate surface area is 138 Å². The highest BCUT2D eigenvalue weighted by atomic mass is 79.9. The van der Waals surface area contributed by atoms with Gasteiger partial charge in [-0.25, -0.2) is 0 Å². The van der Waals surface area contributed by atoms with E-state index in [9.17, 15) is 4.79 Å². The van der Waals surface area contributed by atoms with Crippen LogP contribution in [0.5, 0.6) is 0 Å². The molecular weight excluding hydrogens is 344 g/mol. The van der Waals surface area contributed by atoms with Gasteiger partial charge in [-0.05, 0) is 50.5 Å². The van der Waals surface area contributed by atoms with Gasteiger partial charge in [0.15, 0.2) is 0 Å². The van der Waals surface area contributed by atoms with Crippen LogP contribution in [0.15, 0.2) is 28.7 Å². The first kappa shape index (κ1) is 15.4. The largest absolute Gasteiger partial charge is 0.376 e. The Hall–Kier alpha value is -1.46. The summed E-state index contributed by atoms with van der Waals surface area (Å²) in [6, 6.07) is 7.62. The number of ether oxygens (including phenoxy) is 1. The maximum atomic E-state index is 12.4. The zero-order chi connectivity index (χ0) is 15.5. The van der Waals surface area contributed by atoms with E-state index in [0.29, 0.717) is 24.8 Å². The van der Waals surface area contributed by atoms with Crippen molar-refractivity contribution in [2.75, 3.05) is 13.2 Å². The van der Waals surface area contributed by atoms with Crippen molar-refractivity contribution in [2.45, 2.75) is 32.3 Å². The molecule has 1 N–H and O–H groups in total. The number of carbonyl (C=O) groups excluding carboxylic acids is 1. The van der Waals surface area contributed by atoms with E-state index in [1.54, 1.807) is 0 Å². The number of aryl methyl sites for hydroxylation is 1. The van der Waals surface area contributed by atoms with E-state index >= 15 is 0 Å². The molecule has 0 radical (unpaired) electrons. The topological polar surface area (TPSA) is 51.2 Å². The Balaban J connectivity index is 1.70. The molecule has 0 bridgehead atoms. The van der Waals surface area contributed by atoms with E-state index < -0.39 is 0 Å². The molecule has 0 atom stereocenters. The molecule has 0 aliphatic heterocycles. The van der Waals surface area contributed by atoms with E-state index in [1.165, 1.54) is 6.42 Å². The number of hydrogen-bond donors (Lipinski definition) is 1. The molecule has 1 aromatic heterocycles. The molecule has 1 aromatic carbocycles. The summed E-state index contributed by atoms with van der Waals surface area (Å²) in [7, 11) is 0. The van der Waals surface area contributed by atoms with Crippen molar-refractivity contribution in [1.82, 2.24) is 10.3 Å². The maximum Gasteiger partial charge on any atom is 0.252 e. The molecule has 22 heavy (non-hydrogen) atoms. The quantitative estimate of drug-likeness (QED) is 0.826. The van der Waals surface area contributed by atoms with Crippen LogP contribution in [0.2, 0.25) is 0 Å². The number of aromatic nitrogens is 1. The van der Waals surface area contributed by atoms with E-state index in [2.05, 4.69) is 26.2 Å². The van der Waals surface area contributed by atoms with Gasteiger partial charge in [-0.3, -0.25) is 9.78 Å². The average molecular weight is 363 g/mol. The lowest BCUT2D eigenvalue weighted by atomic mass is 9.96. The van der Waals surface area contributed by atoms with E-state index in [-0.39, 0.29) is 5.91 Å². The third kappa shape index (κ3) is 3.47. The molecule has 1 aliphatic carbocycles. The van der Waals surface area contributed by atoms with Crippen LogP contribution in [-0.2, 0) is 4.74 Å². The number of nitrogens with one attached hydrogen (secondary N) is 1. The number of benzene rings is 1. The van der Waals surface area contributed by atoms with Gasteiger partial charge in [-0.2, -0.15) is 0 Å². The van der Waals surface area contributed by atoms with Gasteiger partial charge in [-0.1, -0.05) is 15.9 Å². The summed E-state index contributed by atoms with van der Waals surface area (Å²) in [6.45, 7) is 3.01. The number of rotatable bonds is 5. The second kappa shape index (κ2) is 6.75. The minimum atomic E-state index is -0.0780. The summed E-state index contributed by atoms with van der Waals surface area (Å²) >= 11 is 3.45. The van der Waals surface area contributed by atoms with Crippen LogP contribution >= 0.6 is 15.9 Å². The lowest BCUT2D eigenvalue weighted by Crippen LogP contribution is -2.30. The lowest BCUT2D eigenvalue weighted by Gasteiger charge is -2.25. The molecule has 1 aliphatic rings. The first-order valence-electron chi connectivity index (χ1n) is 7.60. The molecule has 3 rings (SSSR count). The van der Waals surface area contributed by atoms with Crippen LogP contribution in [0, 0.1) is 6.92 Å². The average Bonchev–Trinajstić information content (AvgIpc) is 2.44. The Morgan fingerprint density at radius 3 is 2.95 bits per heavy atom. The Kier molecular flexibility index (Phi) is 4.74. The Bertz CT molecular complexity index is 698. The summed E-state index contributed by atoms with van der Waals surface area (Å²) in [5.41, 5.74) is 2.33. The van der Waals surface area contributed by atoms with Crippen molar-refractivity contribution in [3.63, 3.8) is 0 Å². The summed E-state index contributed by atoms with van der Waals surface area (Å²) in [5, 5.41) is 3.79. The van der Waals surface area contributed by atoms with Crippen LogP contribution in [0.4, 0.5) is 0 Å². The summed E-state index contributed by atoms with van der Waals surface area (Å²) in [5.74, 6) is -0.0780. The van der Waals surface area contributed by atoms with Crippen LogP contribution in [-0.4, -0.2) is 30.1 Å². The third-order valence-electron chi connectivity index (χ3n) is 3.94. The lowest BCUT2D eigenvalue weighted by molar-refractivity contribution is 0.00441. The van der Waals surface area contributed by atoms with Gasteiger partial charge in [0.25, 0.3) is 5.91 Å². The molecule has 1 fully saturated rings. The normalized spacial score (nSPS) is 14.8. The molecular formula is C17H19BrN2O2. The Morgan fingerprint density at radius 2 is 2.23 bits per heavy atom. The van der Waals surface area contributed by atoms with Gasteiger partial charge in [0, 0.05) is 22.1 Å². The predicted molar refractivity (Wildman–Crippen MR) is 90.1 cm³/mol. The minimum Gasteiger partial charge on any atom is -0.376 e. The zero-order valence-corrected chi connectivity index (χ0v) is 14.1. The van der Waals surface area contributed by atoms with Crippen molar-refractivity contribution in [1.29, 1.82) is 0 Å². The summed E-state index contributed by atoms with van der Waals surface area (Å²) in [6.07, 6.45) is 3.96. The molecule has 4 nitrogen and oxygen atoms in total. The fourth-order valence-corrected chi connectivity index (χ4v) is 2.90. The van der Waals surface area contributed by atoms with Gasteiger partial charge in [0.1, 0.15) is 0 Å². The number of fused-ring (bicyclic) bond motifs is 1. The van der Waals surface area contributed by atoms with Crippen molar-refractivity contribution >= 4 is 32.7 Å². The molecule has 0 spiro atoms. The van der Waals surface area contributed by atoms with Crippen LogP contribution in [0.3, 0.4) is 0 Å². The van der Waals surface area contributed by atoms with Crippen molar-refractivity contribution < 1.29 is 9.53 Å². The molecule has 1 amide bonds. The molecule has 5 heteroatoms. The zero-order valence-electron chi connectivity index (χ0n) is 12.6. The highest BCUT2D eigenvalue weighted by Gasteiger charge is 2.17. The van der Waals surface area contributed by atoms with Gasteiger partial charge in [-0.15, -0.1) is 0 Å². The Morgan fingerprint density at radius 1 is 1.41 bits per heavy atom. The van der Waals surface area contributed by atoms with E-state index in [0.717, 1.165) is 33.9 Å². The predicted octanol–water partition coefficient (Wildman–Crippen LogP) is 3.60. The van der Waals surface area contributed by atoms with Gasteiger partial charge in [0.05, 0.1) is 23.8 Å². The fraction of sp³-hybridized carbons (Fsp3) is 0.412. The highest BCUT2D eigenvalue weighted by molar-refractivity contribution is 9.10. The molecule has 1 heterocycles. The van der Waals surface area contributed by atoms with Crippen LogP contribution in [0.1, 0.15) is 35.3 Å².